The van der Waals surface area contributed by atoms with E-state index in [1.165, 1.54) is 27.4 Å². The van der Waals surface area contributed by atoms with Crippen LogP contribution in [0.1, 0.15) is 15.9 Å². The molecule has 126 valence electrons. The number of hydrogen-bond donors (Lipinski definition) is 0. The van der Waals surface area contributed by atoms with Gasteiger partial charge in [0, 0.05) is 26.2 Å². The van der Waals surface area contributed by atoms with Crippen molar-refractivity contribution in [2.75, 3.05) is 24.9 Å². The molecular formula is C17H17ClN2O3S. The molecule has 0 spiro atoms. The number of sulfonamides is 1. The molecule has 24 heavy (non-hydrogen) atoms. The van der Waals surface area contributed by atoms with Crippen LogP contribution in [0.25, 0.3) is 0 Å². The van der Waals surface area contributed by atoms with Crippen LogP contribution >= 0.6 is 11.6 Å². The Bertz CT molecular complexity index is 910. The van der Waals surface area contributed by atoms with Gasteiger partial charge in [0.15, 0.2) is 0 Å². The summed E-state index contributed by atoms with van der Waals surface area (Å²) in [5, 5.41) is 0.106. The summed E-state index contributed by atoms with van der Waals surface area (Å²) < 4.78 is 27.5. The van der Waals surface area contributed by atoms with Crippen LogP contribution < -0.4 is 4.31 Å². The summed E-state index contributed by atoms with van der Waals surface area (Å²) in [6, 6.07) is 11.7. The van der Waals surface area contributed by atoms with E-state index >= 15 is 0 Å². The first-order chi connectivity index (χ1) is 11.3. The number of rotatable bonds is 3. The molecule has 7 heteroatoms. The number of carbonyl (C=O) groups is 1. The van der Waals surface area contributed by atoms with Crippen molar-refractivity contribution in [1.82, 2.24) is 4.90 Å². The quantitative estimate of drug-likeness (QED) is 0.841. The van der Waals surface area contributed by atoms with Crippen LogP contribution in [0.2, 0.25) is 5.02 Å². The molecule has 0 fully saturated rings. The molecule has 1 amide bonds. The van der Waals surface area contributed by atoms with E-state index in [2.05, 4.69) is 0 Å². The number of para-hydroxylation sites is 1. The summed E-state index contributed by atoms with van der Waals surface area (Å²) in [6.07, 6.45) is 0.656. The first-order valence-corrected chi connectivity index (χ1v) is 9.26. The van der Waals surface area contributed by atoms with Gasteiger partial charge in [0.05, 0.1) is 10.7 Å². The van der Waals surface area contributed by atoms with Crippen molar-refractivity contribution in [2.24, 2.45) is 0 Å². The molecule has 3 rings (SSSR count). The maximum absolute atomic E-state index is 13.1. The molecule has 0 atom stereocenters. The third kappa shape index (κ3) is 2.76. The predicted octanol–water partition coefficient (Wildman–Crippen LogP) is 2.79. The van der Waals surface area contributed by atoms with Crippen LogP contribution in [-0.2, 0) is 16.4 Å². The highest BCUT2D eigenvalue weighted by atomic mass is 35.5. The minimum Gasteiger partial charge on any atom is -0.345 e. The number of benzene rings is 2. The van der Waals surface area contributed by atoms with Crippen LogP contribution in [0.15, 0.2) is 47.4 Å². The smallest absolute Gasteiger partial charge is 0.265 e. The van der Waals surface area contributed by atoms with Crippen molar-refractivity contribution in [3.63, 3.8) is 0 Å². The predicted molar refractivity (Wildman–Crippen MR) is 94.1 cm³/mol. The lowest BCUT2D eigenvalue weighted by atomic mass is 10.2. The molecule has 0 bridgehead atoms. The van der Waals surface area contributed by atoms with Gasteiger partial charge in [-0.15, -0.1) is 0 Å². The van der Waals surface area contributed by atoms with Gasteiger partial charge in [-0.05, 0) is 36.2 Å². The molecule has 0 aromatic heterocycles. The summed E-state index contributed by atoms with van der Waals surface area (Å²) in [4.78, 5) is 13.5. The zero-order valence-corrected chi connectivity index (χ0v) is 14.9. The Morgan fingerprint density at radius 1 is 1.17 bits per heavy atom. The van der Waals surface area contributed by atoms with Gasteiger partial charge in [0.1, 0.15) is 4.90 Å². The number of anilines is 1. The summed E-state index contributed by atoms with van der Waals surface area (Å²) in [5.41, 5.74) is 1.94. The molecule has 2 aromatic rings. The maximum Gasteiger partial charge on any atom is 0.265 e. The van der Waals surface area contributed by atoms with E-state index in [1.54, 1.807) is 26.2 Å². The number of nitrogens with zero attached hydrogens (tertiary/aromatic N) is 2. The van der Waals surface area contributed by atoms with E-state index < -0.39 is 10.0 Å². The Balaban J connectivity index is 2.08. The standard InChI is InChI=1S/C17H17ClN2O3S/c1-19(2)17(21)13-7-8-14(18)16(11-13)24(22,23)20-10-9-12-5-3-4-6-15(12)20/h3-8,11H,9-10H2,1-2H3. The van der Waals surface area contributed by atoms with E-state index in [9.17, 15) is 13.2 Å². The summed E-state index contributed by atoms with van der Waals surface area (Å²) in [5.74, 6) is -0.273. The SMILES string of the molecule is CN(C)C(=O)c1ccc(Cl)c(S(=O)(=O)N2CCc3ccccc32)c1. The number of carbonyl (C=O) groups excluding carboxylic acids is 1. The molecular weight excluding hydrogens is 348 g/mol. The van der Waals surface area contributed by atoms with Gasteiger partial charge in [-0.2, -0.15) is 0 Å². The van der Waals surface area contributed by atoms with Crippen LogP contribution in [-0.4, -0.2) is 39.9 Å². The number of amides is 1. The highest BCUT2D eigenvalue weighted by Crippen LogP contribution is 2.35. The molecule has 1 heterocycles. The van der Waals surface area contributed by atoms with E-state index in [0.717, 1.165) is 5.56 Å². The first-order valence-electron chi connectivity index (χ1n) is 7.44. The molecule has 0 saturated carbocycles. The number of hydrogen-bond acceptors (Lipinski definition) is 3. The Kier molecular flexibility index (Phi) is 4.27. The zero-order chi connectivity index (χ0) is 17.5. The Labute approximate surface area is 146 Å². The molecule has 1 aliphatic rings. The van der Waals surface area contributed by atoms with Crippen LogP contribution in [0.4, 0.5) is 5.69 Å². The van der Waals surface area contributed by atoms with E-state index in [0.29, 0.717) is 18.7 Å². The van der Waals surface area contributed by atoms with Gasteiger partial charge in [-0.1, -0.05) is 29.8 Å². The lowest BCUT2D eigenvalue weighted by Gasteiger charge is -2.21. The lowest BCUT2D eigenvalue weighted by Crippen LogP contribution is -2.30. The van der Waals surface area contributed by atoms with Crippen LogP contribution in [0.3, 0.4) is 0 Å². The van der Waals surface area contributed by atoms with E-state index in [-0.39, 0.29) is 21.4 Å². The fraction of sp³-hybridized carbons (Fsp3) is 0.235. The fourth-order valence-electron chi connectivity index (χ4n) is 2.77. The lowest BCUT2D eigenvalue weighted by molar-refractivity contribution is 0.0827. The second kappa shape index (κ2) is 6.11. The summed E-state index contributed by atoms with van der Waals surface area (Å²) >= 11 is 6.14. The third-order valence-corrected chi connectivity index (χ3v) is 6.29. The summed E-state index contributed by atoms with van der Waals surface area (Å²) in [6.45, 7) is 0.365. The van der Waals surface area contributed by atoms with Gasteiger partial charge < -0.3 is 4.90 Å². The highest BCUT2D eigenvalue weighted by Gasteiger charge is 2.32. The average molecular weight is 365 g/mol. The second-order valence-corrected chi connectivity index (χ2v) is 8.04. The molecule has 0 N–H and O–H groups in total. The van der Waals surface area contributed by atoms with E-state index in [4.69, 9.17) is 11.6 Å². The first kappa shape index (κ1) is 16.8. The number of halogens is 1. The molecule has 0 unspecified atom stereocenters. The van der Waals surface area contributed by atoms with Crippen molar-refractivity contribution in [3.05, 3.63) is 58.6 Å². The normalized spacial score (nSPS) is 13.7. The highest BCUT2D eigenvalue weighted by molar-refractivity contribution is 7.93. The largest absolute Gasteiger partial charge is 0.345 e. The van der Waals surface area contributed by atoms with Crippen molar-refractivity contribution in [2.45, 2.75) is 11.3 Å². The maximum atomic E-state index is 13.1. The van der Waals surface area contributed by atoms with Crippen molar-refractivity contribution in [1.29, 1.82) is 0 Å². The van der Waals surface area contributed by atoms with Gasteiger partial charge in [0.25, 0.3) is 15.9 Å². The minimum atomic E-state index is -3.83. The molecule has 1 aliphatic heterocycles. The van der Waals surface area contributed by atoms with E-state index in [1.807, 2.05) is 12.1 Å². The van der Waals surface area contributed by atoms with Crippen LogP contribution in [0.5, 0.6) is 0 Å². The Hall–Kier alpha value is -2.05. The molecule has 2 aromatic carbocycles. The molecule has 0 radical (unpaired) electrons. The fourth-order valence-corrected chi connectivity index (χ4v) is 4.78. The Morgan fingerprint density at radius 2 is 1.88 bits per heavy atom. The third-order valence-electron chi connectivity index (χ3n) is 4.00. The van der Waals surface area contributed by atoms with Gasteiger partial charge in [-0.25, -0.2) is 8.42 Å². The van der Waals surface area contributed by atoms with Crippen LogP contribution in [0, 0.1) is 0 Å². The summed E-state index contributed by atoms with van der Waals surface area (Å²) in [7, 11) is -0.608. The zero-order valence-electron chi connectivity index (χ0n) is 13.4. The second-order valence-electron chi connectivity index (χ2n) is 5.80. The van der Waals surface area contributed by atoms with Crippen molar-refractivity contribution >= 4 is 33.2 Å². The number of fused-ring (bicyclic) bond motifs is 1. The minimum absolute atomic E-state index is 0.0476. The van der Waals surface area contributed by atoms with Gasteiger partial charge in [-0.3, -0.25) is 9.10 Å². The van der Waals surface area contributed by atoms with Gasteiger partial charge >= 0.3 is 0 Å². The van der Waals surface area contributed by atoms with Crippen molar-refractivity contribution < 1.29 is 13.2 Å². The van der Waals surface area contributed by atoms with Crippen molar-refractivity contribution in [3.8, 4) is 0 Å². The molecule has 0 saturated heterocycles. The average Bonchev–Trinajstić information content (AvgIpc) is 2.99. The van der Waals surface area contributed by atoms with Gasteiger partial charge in [0.2, 0.25) is 0 Å². The Morgan fingerprint density at radius 3 is 2.58 bits per heavy atom. The topological polar surface area (TPSA) is 57.7 Å². The molecule has 0 aliphatic carbocycles. The molecule has 5 nitrogen and oxygen atoms in total. The monoisotopic (exact) mass is 364 g/mol.